The van der Waals surface area contributed by atoms with Gasteiger partial charge in [0.25, 0.3) is 0 Å². The monoisotopic (exact) mass is 140 g/mol. The first-order valence-corrected chi connectivity index (χ1v) is 2.98. The van der Waals surface area contributed by atoms with Crippen molar-refractivity contribution >= 4 is 5.69 Å². The van der Waals surface area contributed by atoms with Gasteiger partial charge in [-0.2, -0.15) is 0 Å². The predicted molar refractivity (Wildman–Crippen MR) is 38.7 cm³/mol. The van der Waals surface area contributed by atoms with E-state index in [1.165, 1.54) is 6.07 Å². The van der Waals surface area contributed by atoms with Crippen LogP contribution in [-0.2, 0) is 6.54 Å². The molecule has 0 saturated heterocycles. The van der Waals surface area contributed by atoms with E-state index in [9.17, 15) is 4.39 Å². The second-order valence-electron chi connectivity index (χ2n) is 2.02. The SMILES string of the molecule is NCc1cccc(N)c1F. The second kappa shape index (κ2) is 2.66. The van der Waals surface area contributed by atoms with E-state index in [2.05, 4.69) is 0 Å². The average Bonchev–Trinajstić information content (AvgIpc) is 1.95. The highest BCUT2D eigenvalue weighted by atomic mass is 19.1. The molecule has 0 aromatic heterocycles. The fourth-order valence-corrected chi connectivity index (χ4v) is 0.757. The summed E-state index contributed by atoms with van der Waals surface area (Å²) in [7, 11) is 0. The van der Waals surface area contributed by atoms with Crippen molar-refractivity contribution in [1.82, 2.24) is 0 Å². The van der Waals surface area contributed by atoms with Crippen molar-refractivity contribution in [3.05, 3.63) is 29.6 Å². The molecule has 2 nitrogen and oxygen atoms in total. The molecule has 0 radical (unpaired) electrons. The van der Waals surface area contributed by atoms with Crippen molar-refractivity contribution in [2.45, 2.75) is 6.54 Å². The molecule has 10 heavy (non-hydrogen) atoms. The normalized spacial score (nSPS) is 9.80. The van der Waals surface area contributed by atoms with E-state index in [0.29, 0.717) is 5.56 Å². The largest absolute Gasteiger partial charge is 0.396 e. The molecule has 0 spiro atoms. The van der Waals surface area contributed by atoms with Gasteiger partial charge in [0.2, 0.25) is 0 Å². The third-order valence-electron chi connectivity index (χ3n) is 1.33. The summed E-state index contributed by atoms with van der Waals surface area (Å²) in [6.45, 7) is 0.191. The molecule has 1 aromatic rings. The van der Waals surface area contributed by atoms with Gasteiger partial charge in [-0.15, -0.1) is 0 Å². The fraction of sp³-hybridized carbons (Fsp3) is 0.143. The molecule has 0 aliphatic rings. The number of rotatable bonds is 1. The lowest BCUT2D eigenvalue weighted by molar-refractivity contribution is 0.615. The highest BCUT2D eigenvalue weighted by Crippen LogP contribution is 2.13. The number of hydrogen-bond acceptors (Lipinski definition) is 2. The molecule has 0 aliphatic carbocycles. The minimum absolute atomic E-state index is 0.156. The Morgan fingerprint density at radius 1 is 1.40 bits per heavy atom. The summed E-state index contributed by atoms with van der Waals surface area (Å²) in [5, 5.41) is 0. The van der Waals surface area contributed by atoms with E-state index in [1.807, 2.05) is 0 Å². The van der Waals surface area contributed by atoms with Crippen molar-refractivity contribution < 1.29 is 4.39 Å². The Morgan fingerprint density at radius 3 is 2.60 bits per heavy atom. The molecule has 0 atom stereocenters. The van der Waals surface area contributed by atoms with Gasteiger partial charge in [0, 0.05) is 12.1 Å². The van der Waals surface area contributed by atoms with Crippen molar-refractivity contribution in [2.75, 3.05) is 5.73 Å². The number of nitrogen functional groups attached to an aromatic ring is 1. The molecule has 54 valence electrons. The van der Waals surface area contributed by atoms with Crippen LogP contribution in [0.2, 0.25) is 0 Å². The lowest BCUT2D eigenvalue weighted by Crippen LogP contribution is -2.02. The van der Waals surface area contributed by atoms with Crippen LogP contribution in [0.5, 0.6) is 0 Å². The molecule has 1 aromatic carbocycles. The first kappa shape index (κ1) is 7.02. The molecule has 3 heteroatoms. The van der Waals surface area contributed by atoms with Crippen LogP contribution in [0.25, 0.3) is 0 Å². The summed E-state index contributed by atoms with van der Waals surface area (Å²) in [6, 6.07) is 4.81. The summed E-state index contributed by atoms with van der Waals surface area (Å²) in [5.74, 6) is -0.398. The van der Waals surface area contributed by atoms with E-state index in [0.717, 1.165) is 0 Å². The first-order valence-electron chi connectivity index (χ1n) is 2.98. The molecular formula is C7H9FN2. The topological polar surface area (TPSA) is 52.0 Å². The van der Waals surface area contributed by atoms with Gasteiger partial charge < -0.3 is 11.5 Å². The third kappa shape index (κ3) is 1.09. The number of hydrogen-bond donors (Lipinski definition) is 2. The lowest BCUT2D eigenvalue weighted by Gasteiger charge is -2.00. The van der Waals surface area contributed by atoms with Gasteiger partial charge in [0.1, 0.15) is 0 Å². The maximum absolute atomic E-state index is 12.8. The summed E-state index contributed by atoms with van der Waals surface area (Å²) >= 11 is 0. The Balaban J connectivity index is 3.14. The Bertz CT molecular complexity index is 235. The van der Waals surface area contributed by atoms with Gasteiger partial charge in [0.15, 0.2) is 5.82 Å². The Kier molecular flexibility index (Phi) is 1.87. The molecule has 0 bridgehead atoms. The van der Waals surface area contributed by atoms with Gasteiger partial charge in [-0.05, 0) is 6.07 Å². The fourth-order valence-electron chi connectivity index (χ4n) is 0.757. The minimum Gasteiger partial charge on any atom is -0.396 e. The summed E-state index contributed by atoms with van der Waals surface area (Å²) in [6.07, 6.45) is 0. The van der Waals surface area contributed by atoms with Crippen LogP contribution in [0.1, 0.15) is 5.56 Å². The average molecular weight is 140 g/mol. The van der Waals surface area contributed by atoms with Crippen LogP contribution < -0.4 is 11.5 Å². The van der Waals surface area contributed by atoms with E-state index < -0.39 is 5.82 Å². The van der Waals surface area contributed by atoms with Crippen LogP contribution in [-0.4, -0.2) is 0 Å². The highest BCUT2D eigenvalue weighted by molar-refractivity contribution is 5.42. The Hall–Kier alpha value is -1.09. The number of halogens is 1. The summed E-state index contributed by atoms with van der Waals surface area (Å²) < 4.78 is 12.8. The van der Waals surface area contributed by atoms with Gasteiger partial charge >= 0.3 is 0 Å². The van der Waals surface area contributed by atoms with Crippen molar-refractivity contribution in [3.8, 4) is 0 Å². The van der Waals surface area contributed by atoms with Crippen molar-refractivity contribution in [3.63, 3.8) is 0 Å². The van der Waals surface area contributed by atoms with E-state index in [-0.39, 0.29) is 12.2 Å². The molecule has 0 heterocycles. The molecule has 0 fully saturated rings. The minimum atomic E-state index is -0.398. The van der Waals surface area contributed by atoms with E-state index >= 15 is 0 Å². The molecule has 0 unspecified atom stereocenters. The number of benzene rings is 1. The zero-order valence-electron chi connectivity index (χ0n) is 5.47. The molecule has 0 saturated carbocycles. The molecule has 4 N–H and O–H groups in total. The number of nitrogens with two attached hydrogens (primary N) is 2. The van der Waals surface area contributed by atoms with Crippen LogP contribution in [0.4, 0.5) is 10.1 Å². The van der Waals surface area contributed by atoms with Gasteiger partial charge in [0.05, 0.1) is 5.69 Å². The van der Waals surface area contributed by atoms with Crippen LogP contribution in [0, 0.1) is 5.82 Å². The third-order valence-corrected chi connectivity index (χ3v) is 1.33. The van der Waals surface area contributed by atoms with Gasteiger partial charge in [-0.25, -0.2) is 4.39 Å². The van der Waals surface area contributed by atoms with Crippen molar-refractivity contribution in [2.24, 2.45) is 5.73 Å². The van der Waals surface area contributed by atoms with Gasteiger partial charge in [-0.3, -0.25) is 0 Å². The Morgan fingerprint density at radius 2 is 2.10 bits per heavy atom. The quantitative estimate of drug-likeness (QED) is 0.568. The first-order chi connectivity index (χ1) is 4.75. The maximum Gasteiger partial charge on any atom is 0.150 e. The van der Waals surface area contributed by atoms with E-state index in [4.69, 9.17) is 11.5 Å². The molecule has 1 rings (SSSR count). The van der Waals surface area contributed by atoms with Crippen LogP contribution in [0.15, 0.2) is 18.2 Å². The zero-order chi connectivity index (χ0) is 7.56. The second-order valence-corrected chi connectivity index (χ2v) is 2.02. The van der Waals surface area contributed by atoms with E-state index in [1.54, 1.807) is 12.1 Å². The smallest absolute Gasteiger partial charge is 0.150 e. The van der Waals surface area contributed by atoms with Crippen LogP contribution >= 0.6 is 0 Å². The zero-order valence-corrected chi connectivity index (χ0v) is 5.47. The lowest BCUT2D eigenvalue weighted by atomic mass is 10.2. The Labute approximate surface area is 58.6 Å². The molecule has 0 aliphatic heterocycles. The maximum atomic E-state index is 12.8. The summed E-state index contributed by atoms with van der Waals surface area (Å²) in [4.78, 5) is 0. The number of anilines is 1. The van der Waals surface area contributed by atoms with Crippen LogP contribution in [0.3, 0.4) is 0 Å². The van der Waals surface area contributed by atoms with Gasteiger partial charge in [-0.1, -0.05) is 12.1 Å². The molecular weight excluding hydrogens is 131 g/mol. The van der Waals surface area contributed by atoms with Crippen molar-refractivity contribution in [1.29, 1.82) is 0 Å². The standard InChI is InChI=1S/C7H9FN2/c8-7-5(4-9)2-1-3-6(7)10/h1-3H,4,9-10H2. The predicted octanol–water partition coefficient (Wildman–Crippen LogP) is 0.867. The summed E-state index contributed by atoms with van der Waals surface area (Å²) in [5.41, 5.74) is 11.1. The molecule has 0 amide bonds. The highest BCUT2D eigenvalue weighted by Gasteiger charge is 2.01.